The van der Waals surface area contributed by atoms with Gasteiger partial charge in [-0.2, -0.15) is 13.2 Å². The largest absolute Gasteiger partial charge is 0.462 e. The van der Waals surface area contributed by atoms with Crippen LogP contribution in [0.3, 0.4) is 0 Å². The molecule has 1 fully saturated rings. The normalized spacial score (nSPS) is 15.9. The zero-order valence-corrected chi connectivity index (χ0v) is 20.7. The molecule has 0 aliphatic carbocycles. The Labute approximate surface area is 209 Å². The van der Waals surface area contributed by atoms with E-state index in [0.717, 1.165) is 6.07 Å². The average Bonchev–Trinajstić information content (AvgIpc) is 2.91. The highest BCUT2D eigenvalue weighted by Crippen LogP contribution is 2.39. The molecule has 35 heavy (non-hydrogen) atoms. The van der Waals surface area contributed by atoms with Crippen LogP contribution in [0.5, 0.6) is 0 Å². The Balaban J connectivity index is 0.00000432. The molecule has 0 bridgehead atoms. The average molecular weight is 544 g/mol. The molecule has 0 unspecified atom stereocenters. The Kier molecular flexibility index (Phi) is 8.81. The summed E-state index contributed by atoms with van der Waals surface area (Å²) in [5, 5.41) is -0.278. The Morgan fingerprint density at radius 1 is 1.26 bits per heavy atom. The van der Waals surface area contributed by atoms with Crippen molar-refractivity contribution in [3.8, 4) is 11.3 Å². The molecule has 0 saturated carbocycles. The predicted molar refractivity (Wildman–Crippen MR) is 124 cm³/mol. The fraction of sp³-hybridized carbons (Fsp3) is 0.500. The molecule has 0 atom stereocenters. The number of carbonyl (C=O) groups excluding carboxylic acids is 1. The summed E-state index contributed by atoms with van der Waals surface area (Å²) >= 11 is 6.03. The van der Waals surface area contributed by atoms with Crippen molar-refractivity contribution in [1.29, 1.82) is 0 Å². The van der Waals surface area contributed by atoms with Crippen LogP contribution in [-0.4, -0.2) is 41.6 Å². The number of anilines is 1. The number of rotatable bonds is 4. The van der Waals surface area contributed by atoms with E-state index >= 15 is 0 Å². The molecular formula is C22H24Cl2F5N3O3. The van der Waals surface area contributed by atoms with Crippen molar-refractivity contribution in [2.24, 2.45) is 0 Å². The van der Waals surface area contributed by atoms with Crippen LogP contribution in [0.1, 0.15) is 53.5 Å². The monoisotopic (exact) mass is 543 g/mol. The molecule has 1 N–H and O–H groups in total. The maximum absolute atomic E-state index is 14.0. The zero-order valence-electron chi connectivity index (χ0n) is 19.1. The first-order valence-corrected chi connectivity index (χ1v) is 11.0. The smallest absolute Gasteiger partial charge is 0.433 e. The molecule has 6 nitrogen and oxygen atoms in total. The second-order valence-corrected chi connectivity index (χ2v) is 8.46. The van der Waals surface area contributed by atoms with Gasteiger partial charge in [0, 0.05) is 37.2 Å². The lowest BCUT2D eigenvalue weighted by Crippen LogP contribution is -2.29. The number of aryl methyl sites for hydroxylation is 2. The third kappa shape index (κ3) is 6.06. The van der Waals surface area contributed by atoms with E-state index in [0.29, 0.717) is 0 Å². The number of hydrogen-bond acceptors (Lipinski definition) is 5. The number of esters is 1. The standard InChI is InChI=1S/C22H23ClF5N3O3.ClH/c1-4-34-20(33)14-16(29-12(3)15(23)17(14)32)13-10-11(2)18(22(26,27)28)30-19(13)31-8-5-6-21(24,25)7-9-31;/h10H,4-9H2,1-3H3,(H,29,32);1H. The van der Waals surface area contributed by atoms with Gasteiger partial charge in [-0.1, -0.05) is 11.6 Å². The minimum Gasteiger partial charge on any atom is -0.462 e. The van der Waals surface area contributed by atoms with Crippen molar-refractivity contribution in [3.05, 3.63) is 43.8 Å². The van der Waals surface area contributed by atoms with Gasteiger partial charge < -0.3 is 14.6 Å². The number of pyridine rings is 2. The lowest BCUT2D eigenvalue weighted by atomic mass is 10.0. The lowest BCUT2D eigenvalue weighted by molar-refractivity contribution is -0.141. The molecule has 1 aliphatic heterocycles. The van der Waals surface area contributed by atoms with Gasteiger partial charge in [0.15, 0.2) is 0 Å². The number of halogens is 7. The van der Waals surface area contributed by atoms with Crippen LogP contribution in [0.2, 0.25) is 5.02 Å². The number of alkyl halides is 5. The molecule has 13 heteroatoms. The van der Waals surface area contributed by atoms with Gasteiger partial charge in [-0.3, -0.25) is 4.79 Å². The summed E-state index contributed by atoms with van der Waals surface area (Å²) in [4.78, 5) is 33.5. The third-order valence-electron chi connectivity index (χ3n) is 5.55. The van der Waals surface area contributed by atoms with Crippen LogP contribution >= 0.6 is 24.0 Å². The van der Waals surface area contributed by atoms with Crippen LogP contribution in [0.4, 0.5) is 27.8 Å². The molecule has 3 heterocycles. The number of H-pyrrole nitrogens is 1. The van der Waals surface area contributed by atoms with E-state index in [1.165, 1.54) is 25.7 Å². The highest BCUT2D eigenvalue weighted by atomic mass is 35.5. The Morgan fingerprint density at radius 2 is 1.91 bits per heavy atom. The third-order valence-corrected chi connectivity index (χ3v) is 6.00. The van der Waals surface area contributed by atoms with Gasteiger partial charge in [-0.05, 0) is 38.8 Å². The molecule has 0 amide bonds. The van der Waals surface area contributed by atoms with E-state index in [1.807, 2.05) is 0 Å². The summed E-state index contributed by atoms with van der Waals surface area (Å²) in [5.41, 5.74) is -2.81. The minimum absolute atomic E-state index is 0. The lowest BCUT2D eigenvalue weighted by Gasteiger charge is -2.27. The van der Waals surface area contributed by atoms with Gasteiger partial charge >= 0.3 is 12.1 Å². The molecule has 2 aromatic heterocycles. The molecule has 0 aromatic carbocycles. The van der Waals surface area contributed by atoms with E-state index in [9.17, 15) is 31.5 Å². The van der Waals surface area contributed by atoms with Crippen molar-refractivity contribution >= 4 is 35.8 Å². The minimum atomic E-state index is -4.81. The van der Waals surface area contributed by atoms with Crippen LogP contribution in [0, 0.1) is 13.8 Å². The van der Waals surface area contributed by atoms with E-state index in [1.54, 1.807) is 0 Å². The molecule has 2 aromatic rings. The van der Waals surface area contributed by atoms with Crippen molar-refractivity contribution in [3.63, 3.8) is 0 Å². The number of nitrogens with one attached hydrogen (secondary N) is 1. The summed E-state index contributed by atoms with van der Waals surface area (Å²) in [5.74, 6) is -4.25. The highest BCUT2D eigenvalue weighted by Gasteiger charge is 2.38. The van der Waals surface area contributed by atoms with Crippen LogP contribution in [0.25, 0.3) is 11.3 Å². The number of carbonyl (C=O) groups is 1. The van der Waals surface area contributed by atoms with Gasteiger partial charge in [-0.25, -0.2) is 18.6 Å². The van der Waals surface area contributed by atoms with Gasteiger partial charge in [0.1, 0.15) is 22.1 Å². The zero-order chi connectivity index (χ0) is 25.4. The van der Waals surface area contributed by atoms with Crippen molar-refractivity contribution in [2.75, 3.05) is 24.6 Å². The first-order chi connectivity index (χ1) is 15.8. The van der Waals surface area contributed by atoms with Gasteiger partial charge in [-0.15, -0.1) is 12.4 Å². The van der Waals surface area contributed by atoms with Crippen LogP contribution in [0.15, 0.2) is 10.9 Å². The van der Waals surface area contributed by atoms with E-state index in [2.05, 4.69) is 9.97 Å². The Hall–Kier alpha value is -2.40. The molecule has 3 rings (SSSR count). The number of nitrogens with zero attached hydrogens (tertiary/aromatic N) is 2. The highest BCUT2D eigenvalue weighted by molar-refractivity contribution is 6.31. The molecule has 194 valence electrons. The number of aromatic nitrogens is 2. The quantitative estimate of drug-likeness (QED) is 0.381. The summed E-state index contributed by atoms with van der Waals surface area (Å²) in [6.07, 6.45) is -5.78. The number of hydrogen-bond donors (Lipinski definition) is 1. The van der Waals surface area contributed by atoms with Crippen molar-refractivity contribution < 1.29 is 31.5 Å². The molecule has 1 aliphatic rings. The summed E-state index contributed by atoms with van der Waals surface area (Å²) in [6, 6.07) is 1.13. The van der Waals surface area contributed by atoms with Gasteiger partial charge in [0.05, 0.1) is 12.3 Å². The molecule has 0 radical (unpaired) electrons. The molecular weight excluding hydrogens is 520 g/mol. The first-order valence-electron chi connectivity index (χ1n) is 10.6. The first kappa shape index (κ1) is 28.8. The summed E-state index contributed by atoms with van der Waals surface area (Å²) in [7, 11) is 0. The maximum atomic E-state index is 14.0. The fourth-order valence-electron chi connectivity index (χ4n) is 3.89. The molecule has 1 saturated heterocycles. The topological polar surface area (TPSA) is 75.3 Å². The Morgan fingerprint density at radius 3 is 2.51 bits per heavy atom. The Bertz CT molecular complexity index is 1170. The fourth-order valence-corrected chi connectivity index (χ4v) is 4.03. The van der Waals surface area contributed by atoms with E-state index in [4.69, 9.17) is 16.3 Å². The van der Waals surface area contributed by atoms with Gasteiger partial charge in [0.2, 0.25) is 11.4 Å². The predicted octanol–water partition coefficient (Wildman–Crippen LogP) is 5.95. The summed E-state index contributed by atoms with van der Waals surface area (Å²) in [6.45, 7) is 3.85. The van der Waals surface area contributed by atoms with Crippen molar-refractivity contribution in [2.45, 2.75) is 52.1 Å². The van der Waals surface area contributed by atoms with E-state index < -0.39 is 47.6 Å². The van der Waals surface area contributed by atoms with Crippen LogP contribution < -0.4 is 10.3 Å². The SMILES string of the molecule is CCOC(=O)c1c(-c2cc(C)c(C(F)(F)F)nc2N2CCCC(F)(F)CC2)[nH]c(C)c(Cl)c1=O.Cl. The maximum Gasteiger partial charge on any atom is 0.433 e. The number of ether oxygens (including phenoxy) is 1. The van der Waals surface area contributed by atoms with Gasteiger partial charge in [0.25, 0.3) is 0 Å². The molecule has 0 spiro atoms. The summed E-state index contributed by atoms with van der Waals surface area (Å²) < 4.78 is 73.9. The second-order valence-electron chi connectivity index (χ2n) is 8.08. The van der Waals surface area contributed by atoms with Crippen LogP contribution in [-0.2, 0) is 10.9 Å². The number of aromatic amines is 1. The van der Waals surface area contributed by atoms with E-state index in [-0.39, 0.29) is 71.9 Å². The van der Waals surface area contributed by atoms with Crippen molar-refractivity contribution in [1.82, 2.24) is 9.97 Å². The second kappa shape index (κ2) is 10.7.